The summed E-state index contributed by atoms with van der Waals surface area (Å²) in [5.41, 5.74) is 5.79. The van der Waals surface area contributed by atoms with Crippen molar-refractivity contribution in [1.82, 2.24) is 0 Å². The van der Waals surface area contributed by atoms with E-state index in [2.05, 4.69) is 20.8 Å². The van der Waals surface area contributed by atoms with Crippen molar-refractivity contribution >= 4 is 11.8 Å². The van der Waals surface area contributed by atoms with Crippen molar-refractivity contribution in [3.63, 3.8) is 0 Å². The lowest BCUT2D eigenvalue weighted by molar-refractivity contribution is -0.107. The van der Waals surface area contributed by atoms with Gasteiger partial charge in [-0.1, -0.05) is 20.8 Å². The third-order valence-electron chi connectivity index (χ3n) is 4.56. The van der Waals surface area contributed by atoms with Crippen molar-refractivity contribution in [2.24, 2.45) is 17.1 Å². The first-order valence-electron chi connectivity index (χ1n) is 6.85. The molecule has 1 heterocycles. The minimum absolute atomic E-state index is 0.223. The summed E-state index contributed by atoms with van der Waals surface area (Å²) in [5.74, 6) is 2.70. The summed E-state index contributed by atoms with van der Waals surface area (Å²) in [5, 5.41) is 11.1. The van der Waals surface area contributed by atoms with E-state index in [9.17, 15) is 5.11 Å². The van der Waals surface area contributed by atoms with Gasteiger partial charge < -0.3 is 10.8 Å². The highest BCUT2D eigenvalue weighted by molar-refractivity contribution is 7.99. The van der Waals surface area contributed by atoms with E-state index in [0.29, 0.717) is 5.92 Å². The molecular weight excluding hydrogens is 230 g/mol. The van der Waals surface area contributed by atoms with Crippen LogP contribution in [0.3, 0.4) is 0 Å². The van der Waals surface area contributed by atoms with Crippen LogP contribution in [0.5, 0.6) is 0 Å². The molecule has 3 unspecified atom stereocenters. The van der Waals surface area contributed by atoms with E-state index in [0.717, 1.165) is 31.4 Å². The van der Waals surface area contributed by atoms with Crippen molar-refractivity contribution in [3.05, 3.63) is 0 Å². The zero-order valence-electron chi connectivity index (χ0n) is 11.5. The van der Waals surface area contributed by atoms with Gasteiger partial charge in [-0.3, -0.25) is 0 Å². The lowest BCUT2D eigenvalue weighted by Gasteiger charge is -2.54. The van der Waals surface area contributed by atoms with E-state index < -0.39 is 5.60 Å². The highest BCUT2D eigenvalue weighted by Gasteiger charge is 2.53. The molecule has 3 atom stereocenters. The van der Waals surface area contributed by atoms with Crippen LogP contribution in [0.2, 0.25) is 0 Å². The van der Waals surface area contributed by atoms with Crippen molar-refractivity contribution in [2.45, 2.75) is 64.0 Å². The van der Waals surface area contributed by atoms with Crippen LogP contribution in [-0.4, -0.2) is 27.8 Å². The summed E-state index contributed by atoms with van der Waals surface area (Å²) >= 11 is 1.91. The first-order valence-corrected chi connectivity index (χ1v) is 8.01. The van der Waals surface area contributed by atoms with E-state index in [-0.39, 0.29) is 11.0 Å². The maximum absolute atomic E-state index is 11.1. The molecule has 17 heavy (non-hydrogen) atoms. The summed E-state index contributed by atoms with van der Waals surface area (Å²) in [6.45, 7) is 6.80. The van der Waals surface area contributed by atoms with Crippen molar-refractivity contribution in [1.29, 1.82) is 0 Å². The van der Waals surface area contributed by atoms with Crippen LogP contribution in [0.25, 0.3) is 0 Å². The van der Waals surface area contributed by atoms with Gasteiger partial charge in [0.05, 0.1) is 11.1 Å². The molecule has 0 aromatic carbocycles. The Kier molecular flexibility index (Phi) is 3.57. The minimum atomic E-state index is -0.651. The highest BCUT2D eigenvalue weighted by Crippen LogP contribution is 2.50. The average Bonchev–Trinajstić information content (AvgIpc) is 2.14. The third kappa shape index (κ3) is 2.66. The second-order valence-electron chi connectivity index (χ2n) is 7.20. The van der Waals surface area contributed by atoms with Crippen molar-refractivity contribution < 1.29 is 5.11 Å². The molecule has 1 aliphatic carbocycles. The molecule has 2 fully saturated rings. The topological polar surface area (TPSA) is 46.2 Å². The molecule has 2 aliphatic rings. The summed E-state index contributed by atoms with van der Waals surface area (Å²) in [4.78, 5) is 0. The highest BCUT2D eigenvalue weighted by atomic mass is 32.2. The summed E-state index contributed by atoms with van der Waals surface area (Å²) < 4.78 is 0. The molecule has 1 saturated heterocycles. The van der Waals surface area contributed by atoms with Gasteiger partial charge in [0.1, 0.15) is 0 Å². The summed E-state index contributed by atoms with van der Waals surface area (Å²) in [6.07, 6.45) is 5.09. The lowest BCUT2D eigenvalue weighted by Crippen LogP contribution is -2.66. The molecule has 2 rings (SSSR count). The Morgan fingerprint density at radius 1 is 1.29 bits per heavy atom. The van der Waals surface area contributed by atoms with Crippen LogP contribution < -0.4 is 5.73 Å². The Bertz CT molecular complexity index is 286. The van der Waals surface area contributed by atoms with Crippen molar-refractivity contribution in [3.8, 4) is 0 Å². The fraction of sp³-hybridized carbons (Fsp3) is 1.00. The molecule has 0 radical (unpaired) electrons. The smallest absolute Gasteiger partial charge is 0.0842 e. The Hall–Kier alpha value is 0.270. The molecule has 0 bridgehead atoms. The molecular formula is C14H27NOS. The van der Waals surface area contributed by atoms with Crippen LogP contribution in [-0.2, 0) is 0 Å². The molecule has 0 spiro atoms. The van der Waals surface area contributed by atoms with E-state index in [1.165, 1.54) is 12.2 Å². The van der Waals surface area contributed by atoms with Crippen LogP contribution >= 0.6 is 11.8 Å². The van der Waals surface area contributed by atoms with Crippen molar-refractivity contribution in [2.75, 3.05) is 11.5 Å². The van der Waals surface area contributed by atoms with Crippen LogP contribution in [0.15, 0.2) is 0 Å². The van der Waals surface area contributed by atoms with Crippen LogP contribution in [0.4, 0.5) is 0 Å². The average molecular weight is 257 g/mol. The van der Waals surface area contributed by atoms with E-state index in [1.54, 1.807) is 0 Å². The minimum Gasteiger partial charge on any atom is -0.388 e. The molecule has 3 N–H and O–H groups in total. The monoisotopic (exact) mass is 257 g/mol. The Morgan fingerprint density at radius 2 is 2.00 bits per heavy atom. The van der Waals surface area contributed by atoms with Gasteiger partial charge in [-0.15, -0.1) is 0 Å². The fourth-order valence-electron chi connectivity index (χ4n) is 4.09. The number of hydrogen-bond donors (Lipinski definition) is 2. The number of hydrogen-bond acceptors (Lipinski definition) is 3. The third-order valence-corrected chi connectivity index (χ3v) is 5.85. The SMILES string of the molecule is CC1CC(C)(C)CC(O)(C2(N)CCCSC2)C1. The zero-order valence-corrected chi connectivity index (χ0v) is 12.3. The Balaban J connectivity index is 2.21. The normalized spacial score (nSPS) is 46.8. The Morgan fingerprint density at radius 3 is 2.53 bits per heavy atom. The number of rotatable bonds is 1. The van der Waals surface area contributed by atoms with Gasteiger partial charge in [-0.2, -0.15) is 11.8 Å². The van der Waals surface area contributed by atoms with Gasteiger partial charge in [0, 0.05) is 5.75 Å². The number of nitrogens with two attached hydrogens (primary N) is 1. The second-order valence-corrected chi connectivity index (χ2v) is 8.30. The molecule has 0 amide bonds. The second kappa shape index (κ2) is 4.43. The van der Waals surface area contributed by atoms with Gasteiger partial charge >= 0.3 is 0 Å². The predicted octanol–water partition coefficient (Wildman–Crippen LogP) is 2.79. The lowest BCUT2D eigenvalue weighted by atomic mass is 9.59. The standard InChI is InChI=1S/C14H27NOS/c1-11-7-12(2,3)9-14(16,8-11)13(15)5-4-6-17-10-13/h11,16H,4-10,15H2,1-3H3. The van der Waals surface area contributed by atoms with Gasteiger partial charge in [0.2, 0.25) is 0 Å². The first kappa shape index (κ1) is 13.7. The molecule has 100 valence electrons. The first-order chi connectivity index (χ1) is 7.77. The molecule has 0 aromatic rings. The van der Waals surface area contributed by atoms with E-state index in [1.807, 2.05) is 11.8 Å². The number of aliphatic hydroxyl groups is 1. The van der Waals surface area contributed by atoms with Gasteiger partial charge in [-0.05, 0) is 49.2 Å². The predicted molar refractivity (Wildman–Crippen MR) is 75.2 cm³/mol. The van der Waals surface area contributed by atoms with Gasteiger partial charge in [-0.25, -0.2) is 0 Å². The maximum Gasteiger partial charge on any atom is 0.0842 e. The van der Waals surface area contributed by atoms with Crippen LogP contribution in [0, 0.1) is 11.3 Å². The molecule has 0 aromatic heterocycles. The van der Waals surface area contributed by atoms with E-state index in [4.69, 9.17) is 5.73 Å². The largest absolute Gasteiger partial charge is 0.388 e. The summed E-state index contributed by atoms with van der Waals surface area (Å²) in [7, 11) is 0. The maximum atomic E-state index is 11.1. The molecule has 1 saturated carbocycles. The fourth-order valence-corrected chi connectivity index (χ4v) is 5.36. The quantitative estimate of drug-likeness (QED) is 0.759. The molecule has 1 aliphatic heterocycles. The zero-order chi connectivity index (χ0) is 12.7. The van der Waals surface area contributed by atoms with Crippen LogP contribution in [0.1, 0.15) is 52.9 Å². The van der Waals surface area contributed by atoms with Gasteiger partial charge in [0.15, 0.2) is 0 Å². The molecule has 3 heteroatoms. The summed E-state index contributed by atoms with van der Waals surface area (Å²) in [6, 6.07) is 0. The Labute approximate surface area is 110 Å². The van der Waals surface area contributed by atoms with Gasteiger partial charge in [0.25, 0.3) is 0 Å². The number of thioether (sulfide) groups is 1. The van der Waals surface area contributed by atoms with E-state index >= 15 is 0 Å². The molecule has 2 nitrogen and oxygen atoms in total.